The molecule has 0 spiro atoms. The zero-order chi connectivity index (χ0) is 10.8. The molecular weight excluding hydrogens is 176 g/mol. The molecule has 0 aromatic heterocycles. The summed E-state index contributed by atoms with van der Waals surface area (Å²) >= 11 is 0. The lowest BCUT2D eigenvalue weighted by Gasteiger charge is -2.33. The van der Waals surface area contributed by atoms with E-state index in [-0.39, 0.29) is 11.6 Å². The predicted molar refractivity (Wildman–Crippen MR) is 55.9 cm³/mol. The summed E-state index contributed by atoms with van der Waals surface area (Å²) in [6.45, 7) is 8.96. The lowest BCUT2D eigenvalue weighted by atomic mass is 9.67. The number of ketones is 2. The van der Waals surface area contributed by atoms with E-state index in [1.54, 1.807) is 6.08 Å². The van der Waals surface area contributed by atoms with Crippen LogP contribution in [-0.2, 0) is 9.59 Å². The molecule has 1 atom stereocenters. The third-order valence-electron chi connectivity index (χ3n) is 2.96. The molecule has 0 aromatic rings. The van der Waals surface area contributed by atoms with Gasteiger partial charge in [0.05, 0.1) is 5.41 Å². The Morgan fingerprint density at radius 1 is 1.57 bits per heavy atom. The molecule has 1 unspecified atom stereocenters. The smallest absolute Gasteiger partial charge is 0.147 e. The molecule has 1 aliphatic rings. The summed E-state index contributed by atoms with van der Waals surface area (Å²) in [7, 11) is 0. The Hall–Kier alpha value is -1.18. The van der Waals surface area contributed by atoms with Crippen molar-refractivity contribution >= 4 is 11.6 Å². The van der Waals surface area contributed by atoms with Crippen molar-refractivity contribution in [3.63, 3.8) is 0 Å². The zero-order valence-corrected chi connectivity index (χ0v) is 8.64. The van der Waals surface area contributed by atoms with Gasteiger partial charge in [0.15, 0.2) is 0 Å². The molecule has 1 fully saturated rings. The molecule has 2 heteroatoms. The van der Waals surface area contributed by atoms with Crippen LogP contribution < -0.4 is 0 Å². The first-order valence-electron chi connectivity index (χ1n) is 4.85. The van der Waals surface area contributed by atoms with Crippen LogP contribution in [0.3, 0.4) is 0 Å². The Morgan fingerprint density at radius 3 is 2.71 bits per heavy atom. The minimum Gasteiger partial charge on any atom is -0.299 e. The van der Waals surface area contributed by atoms with Crippen LogP contribution in [0, 0.1) is 5.41 Å². The van der Waals surface area contributed by atoms with Crippen LogP contribution in [0.5, 0.6) is 0 Å². The van der Waals surface area contributed by atoms with Crippen molar-refractivity contribution in [2.45, 2.75) is 32.6 Å². The quantitative estimate of drug-likeness (QED) is 0.508. The Labute approximate surface area is 84.7 Å². The normalized spacial score (nSPS) is 27.5. The summed E-state index contributed by atoms with van der Waals surface area (Å²) in [6, 6.07) is 0. The van der Waals surface area contributed by atoms with E-state index in [1.165, 1.54) is 6.92 Å². The maximum atomic E-state index is 11.8. The van der Waals surface area contributed by atoms with Gasteiger partial charge in [-0.25, -0.2) is 0 Å². The number of carbonyl (C=O) groups is 2. The number of rotatable bonds is 3. The summed E-state index contributed by atoms with van der Waals surface area (Å²) in [5, 5.41) is 0. The second-order valence-corrected chi connectivity index (χ2v) is 3.98. The first-order chi connectivity index (χ1) is 6.53. The molecule has 0 aromatic carbocycles. The van der Waals surface area contributed by atoms with Crippen molar-refractivity contribution < 1.29 is 9.59 Å². The number of hydrogen-bond acceptors (Lipinski definition) is 2. The Balaban J connectivity index is 3.03. The maximum Gasteiger partial charge on any atom is 0.147 e. The predicted octanol–water partition coefficient (Wildman–Crippen LogP) is 2.45. The monoisotopic (exact) mass is 192 g/mol. The fraction of sp³-hybridized carbons (Fsp3) is 0.500. The largest absolute Gasteiger partial charge is 0.299 e. The van der Waals surface area contributed by atoms with Crippen LogP contribution in [0.15, 0.2) is 24.8 Å². The Bertz CT molecular complexity index is 301. The van der Waals surface area contributed by atoms with Gasteiger partial charge in [-0.15, -0.1) is 6.58 Å². The van der Waals surface area contributed by atoms with Gasteiger partial charge in [0, 0.05) is 6.42 Å². The van der Waals surface area contributed by atoms with Crippen molar-refractivity contribution in [3.8, 4) is 0 Å². The second-order valence-electron chi connectivity index (χ2n) is 3.98. The highest BCUT2D eigenvalue weighted by Gasteiger charge is 2.43. The lowest BCUT2D eigenvalue weighted by Crippen LogP contribution is -2.40. The highest BCUT2D eigenvalue weighted by molar-refractivity contribution is 6.07. The van der Waals surface area contributed by atoms with Crippen LogP contribution in [0.4, 0.5) is 0 Å². The van der Waals surface area contributed by atoms with Crippen LogP contribution in [0.2, 0.25) is 0 Å². The van der Waals surface area contributed by atoms with E-state index in [4.69, 9.17) is 0 Å². The molecule has 76 valence electrons. The molecule has 1 rings (SSSR count). The van der Waals surface area contributed by atoms with E-state index in [0.717, 1.165) is 12.0 Å². The van der Waals surface area contributed by atoms with Crippen molar-refractivity contribution in [1.29, 1.82) is 0 Å². The van der Waals surface area contributed by atoms with Gasteiger partial charge >= 0.3 is 0 Å². The molecule has 0 aliphatic heterocycles. The molecule has 0 saturated heterocycles. The van der Waals surface area contributed by atoms with Gasteiger partial charge < -0.3 is 0 Å². The number of carbonyl (C=O) groups excluding carboxylic acids is 2. The third kappa shape index (κ3) is 1.69. The molecule has 0 N–H and O–H groups in total. The third-order valence-corrected chi connectivity index (χ3v) is 2.96. The summed E-state index contributed by atoms with van der Waals surface area (Å²) < 4.78 is 0. The highest BCUT2D eigenvalue weighted by Crippen LogP contribution is 2.39. The van der Waals surface area contributed by atoms with Crippen molar-refractivity contribution in [3.05, 3.63) is 24.8 Å². The van der Waals surface area contributed by atoms with Gasteiger partial charge in [0.2, 0.25) is 0 Å². The van der Waals surface area contributed by atoms with Crippen molar-refractivity contribution in [1.82, 2.24) is 0 Å². The van der Waals surface area contributed by atoms with Gasteiger partial charge in [-0.2, -0.15) is 0 Å². The second kappa shape index (κ2) is 3.91. The van der Waals surface area contributed by atoms with Crippen LogP contribution >= 0.6 is 0 Å². The lowest BCUT2D eigenvalue weighted by molar-refractivity contribution is -0.140. The maximum absolute atomic E-state index is 11.8. The van der Waals surface area contributed by atoms with Crippen LogP contribution in [0.25, 0.3) is 0 Å². The molecular formula is C12H16O2. The summed E-state index contributed by atoms with van der Waals surface area (Å²) in [5.74, 6) is 0.000509. The van der Waals surface area contributed by atoms with E-state index < -0.39 is 5.41 Å². The highest BCUT2D eigenvalue weighted by atomic mass is 16.2. The number of Topliss-reactive ketones (excluding diaryl/α,β-unsaturated/α-hetero) is 2. The fourth-order valence-electron chi connectivity index (χ4n) is 2.04. The first kappa shape index (κ1) is 10.9. The van der Waals surface area contributed by atoms with Gasteiger partial charge in [-0.1, -0.05) is 18.2 Å². The first-order valence-corrected chi connectivity index (χ1v) is 4.85. The molecule has 0 heterocycles. The van der Waals surface area contributed by atoms with E-state index >= 15 is 0 Å². The molecule has 0 bridgehead atoms. The van der Waals surface area contributed by atoms with Gasteiger partial charge in [0.25, 0.3) is 0 Å². The molecule has 14 heavy (non-hydrogen) atoms. The summed E-state index contributed by atoms with van der Waals surface area (Å²) in [4.78, 5) is 23.3. The SMILES string of the molecule is C=CCC1(C(C)=O)CC(=C)CCC1=O. The van der Waals surface area contributed by atoms with E-state index in [0.29, 0.717) is 19.3 Å². The van der Waals surface area contributed by atoms with E-state index in [2.05, 4.69) is 13.2 Å². The molecule has 1 aliphatic carbocycles. The molecule has 0 radical (unpaired) electrons. The minimum absolute atomic E-state index is 0.0525. The van der Waals surface area contributed by atoms with E-state index in [1.807, 2.05) is 0 Å². The number of hydrogen-bond donors (Lipinski definition) is 0. The summed E-state index contributed by atoms with van der Waals surface area (Å²) in [5.41, 5.74) is 0.165. The topological polar surface area (TPSA) is 34.1 Å². The Morgan fingerprint density at radius 2 is 2.21 bits per heavy atom. The van der Waals surface area contributed by atoms with Gasteiger partial charge in [-0.05, 0) is 26.2 Å². The average Bonchev–Trinajstić information content (AvgIpc) is 2.11. The van der Waals surface area contributed by atoms with Crippen LogP contribution in [-0.4, -0.2) is 11.6 Å². The molecule has 1 saturated carbocycles. The van der Waals surface area contributed by atoms with Gasteiger partial charge in [0.1, 0.15) is 11.6 Å². The van der Waals surface area contributed by atoms with E-state index in [9.17, 15) is 9.59 Å². The van der Waals surface area contributed by atoms with Crippen LogP contribution in [0.1, 0.15) is 32.6 Å². The molecule has 2 nitrogen and oxygen atoms in total. The Kier molecular flexibility index (Phi) is 3.04. The minimum atomic E-state index is -0.836. The average molecular weight is 192 g/mol. The fourth-order valence-corrected chi connectivity index (χ4v) is 2.04. The van der Waals surface area contributed by atoms with Crippen molar-refractivity contribution in [2.24, 2.45) is 5.41 Å². The van der Waals surface area contributed by atoms with Gasteiger partial charge in [-0.3, -0.25) is 9.59 Å². The summed E-state index contributed by atoms with van der Waals surface area (Å²) in [6.07, 6.45) is 3.78. The molecule has 0 amide bonds. The zero-order valence-electron chi connectivity index (χ0n) is 8.64. The standard InChI is InChI=1S/C12H16O2/c1-4-7-12(10(3)13)8-9(2)5-6-11(12)14/h4H,1-2,5-8H2,3H3. The van der Waals surface area contributed by atoms with Crippen molar-refractivity contribution in [2.75, 3.05) is 0 Å². The number of allylic oxidation sites excluding steroid dienone is 2.